The van der Waals surface area contributed by atoms with E-state index in [1.807, 2.05) is 11.8 Å². The van der Waals surface area contributed by atoms with Crippen molar-refractivity contribution in [2.45, 2.75) is 32.3 Å². The average molecular weight is 418 g/mol. The molecule has 2 aliphatic heterocycles. The first-order valence-electron chi connectivity index (χ1n) is 9.91. The molecule has 2 aliphatic rings. The van der Waals surface area contributed by atoms with Crippen molar-refractivity contribution in [2.24, 2.45) is 0 Å². The van der Waals surface area contributed by atoms with Gasteiger partial charge in [-0.2, -0.15) is 0 Å². The van der Waals surface area contributed by atoms with Gasteiger partial charge in [0.2, 0.25) is 5.91 Å². The van der Waals surface area contributed by atoms with Crippen LogP contribution in [0.15, 0.2) is 24.3 Å². The zero-order valence-electron chi connectivity index (χ0n) is 16.4. The molecule has 6 nitrogen and oxygen atoms in total. The Morgan fingerprint density at radius 2 is 1.86 bits per heavy atom. The third kappa shape index (κ3) is 4.48. The van der Waals surface area contributed by atoms with E-state index in [0.29, 0.717) is 32.8 Å². The predicted octanol–water partition coefficient (Wildman–Crippen LogP) is 2.65. The largest absolute Gasteiger partial charge is 0.368 e. The van der Waals surface area contributed by atoms with Crippen molar-refractivity contribution >= 4 is 23.2 Å². The second-order valence-corrected chi connectivity index (χ2v) is 8.68. The Kier molecular flexibility index (Phi) is 5.91. The number of aromatic nitrogens is 1. The molecule has 2 fully saturated rings. The molecule has 2 aromatic rings. The molecule has 0 spiro atoms. The number of thiazole rings is 1. The summed E-state index contributed by atoms with van der Waals surface area (Å²) >= 11 is 1.49. The van der Waals surface area contributed by atoms with Crippen molar-refractivity contribution < 1.29 is 18.7 Å². The van der Waals surface area contributed by atoms with Crippen LogP contribution < -0.4 is 0 Å². The van der Waals surface area contributed by atoms with E-state index >= 15 is 0 Å². The summed E-state index contributed by atoms with van der Waals surface area (Å²) in [4.78, 5) is 34.4. The van der Waals surface area contributed by atoms with Crippen molar-refractivity contribution in [2.75, 3.05) is 32.8 Å². The number of aryl methyl sites for hydroxylation is 1. The lowest BCUT2D eigenvalue weighted by atomic mass is 10.1. The van der Waals surface area contributed by atoms with E-state index in [1.165, 1.54) is 23.5 Å². The minimum absolute atomic E-state index is 0.0289. The van der Waals surface area contributed by atoms with Gasteiger partial charge in [-0.05, 0) is 44.0 Å². The van der Waals surface area contributed by atoms with E-state index in [4.69, 9.17) is 4.74 Å². The Labute approximate surface area is 173 Å². The minimum Gasteiger partial charge on any atom is -0.368 e. The normalized spacial score (nSPS) is 19.6. The predicted molar refractivity (Wildman–Crippen MR) is 108 cm³/mol. The van der Waals surface area contributed by atoms with Crippen LogP contribution in [0.1, 0.15) is 22.7 Å². The van der Waals surface area contributed by atoms with Gasteiger partial charge < -0.3 is 14.5 Å². The Morgan fingerprint density at radius 1 is 1.17 bits per heavy atom. The molecule has 0 saturated carbocycles. The molecule has 2 saturated heterocycles. The van der Waals surface area contributed by atoms with Gasteiger partial charge in [-0.25, -0.2) is 9.37 Å². The van der Waals surface area contributed by atoms with Crippen molar-refractivity contribution in [1.82, 2.24) is 14.8 Å². The molecule has 154 valence electrons. The topological polar surface area (TPSA) is 62.7 Å². The lowest BCUT2D eigenvalue weighted by Crippen LogP contribution is -2.53. The smallest absolute Gasteiger partial charge is 0.251 e. The summed E-state index contributed by atoms with van der Waals surface area (Å²) < 4.78 is 18.7. The molecule has 8 heteroatoms. The highest BCUT2D eigenvalue weighted by molar-refractivity contribution is 7.12. The molecule has 0 N–H and O–H groups in total. The average Bonchev–Trinajstić information content (AvgIpc) is 3.38. The van der Waals surface area contributed by atoms with Gasteiger partial charge >= 0.3 is 0 Å². The van der Waals surface area contributed by atoms with Crippen molar-refractivity contribution in [1.29, 1.82) is 0 Å². The lowest BCUT2D eigenvalue weighted by Gasteiger charge is -2.35. The van der Waals surface area contributed by atoms with Gasteiger partial charge in [0.05, 0.1) is 17.1 Å². The maximum atomic E-state index is 13.2. The molecular formula is C21H24FN3O3S. The Balaban J connectivity index is 1.38. The number of ether oxygens (including phenoxy) is 1. The third-order valence-electron chi connectivity index (χ3n) is 5.38. The maximum absolute atomic E-state index is 13.2. The van der Waals surface area contributed by atoms with Crippen molar-refractivity contribution in [3.8, 4) is 11.3 Å². The molecule has 1 aromatic heterocycles. The number of carbonyl (C=O) groups excluding carboxylic acids is 2. The van der Waals surface area contributed by atoms with Crippen LogP contribution in [0.25, 0.3) is 11.3 Å². The molecule has 29 heavy (non-hydrogen) atoms. The number of carbonyl (C=O) groups is 2. The molecule has 1 aromatic carbocycles. The van der Waals surface area contributed by atoms with Gasteiger partial charge in [-0.15, -0.1) is 11.3 Å². The van der Waals surface area contributed by atoms with E-state index in [0.717, 1.165) is 34.0 Å². The minimum atomic E-state index is -0.310. The summed E-state index contributed by atoms with van der Waals surface area (Å²) in [6, 6.07) is 6.18. The fraction of sp³-hybridized carbons (Fsp3) is 0.476. The van der Waals surface area contributed by atoms with Gasteiger partial charge in [0.1, 0.15) is 11.9 Å². The number of rotatable bonds is 4. The van der Waals surface area contributed by atoms with E-state index in [-0.39, 0.29) is 30.2 Å². The van der Waals surface area contributed by atoms with Crippen LogP contribution in [-0.4, -0.2) is 65.5 Å². The first kappa shape index (κ1) is 20.0. The SMILES string of the molecule is Cc1nc(-c2ccc(F)cc2)c(CC(=O)N2CCN(C(=O)[C@@H]3CCCO3)CC2)s1. The fourth-order valence-electron chi connectivity index (χ4n) is 3.82. The van der Waals surface area contributed by atoms with E-state index < -0.39 is 0 Å². The highest BCUT2D eigenvalue weighted by Crippen LogP contribution is 2.29. The Hall–Kier alpha value is -2.32. The van der Waals surface area contributed by atoms with Crippen LogP contribution >= 0.6 is 11.3 Å². The Morgan fingerprint density at radius 3 is 2.52 bits per heavy atom. The van der Waals surface area contributed by atoms with Crippen LogP contribution in [0, 0.1) is 12.7 Å². The molecule has 0 aliphatic carbocycles. The maximum Gasteiger partial charge on any atom is 0.251 e. The van der Waals surface area contributed by atoms with Crippen LogP contribution in [0.4, 0.5) is 4.39 Å². The summed E-state index contributed by atoms with van der Waals surface area (Å²) in [6.45, 7) is 4.69. The highest BCUT2D eigenvalue weighted by Gasteiger charge is 2.31. The first-order chi connectivity index (χ1) is 14.0. The molecule has 0 bridgehead atoms. The Bertz CT molecular complexity index is 885. The molecule has 3 heterocycles. The number of benzene rings is 1. The van der Waals surface area contributed by atoms with Crippen molar-refractivity contribution in [3.63, 3.8) is 0 Å². The molecule has 1 atom stereocenters. The van der Waals surface area contributed by atoms with Crippen LogP contribution in [-0.2, 0) is 20.7 Å². The molecule has 0 radical (unpaired) electrons. The summed E-state index contributed by atoms with van der Waals surface area (Å²) in [7, 11) is 0. The van der Waals surface area contributed by atoms with Crippen molar-refractivity contribution in [3.05, 3.63) is 40.0 Å². The number of hydrogen-bond acceptors (Lipinski definition) is 5. The van der Waals surface area contributed by atoms with E-state index in [2.05, 4.69) is 4.98 Å². The third-order valence-corrected chi connectivity index (χ3v) is 6.35. The van der Waals surface area contributed by atoms with E-state index in [1.54, 1.807) is 17.0 Å². The number of piperazine rings is 1. The standard InChI is InChI=1S/C21H24FN3O3S/c1-14-23-20(15-4-6-16(22)7-5-15)18(29-14)13-19(26)24-8-10-25(11-9-24)21(27)17-3-2-12-28-17/h4-7,17H,2-3,8-13H2,1H3/t17-/m0/s1. The zero-order chi connectivity index (χ0) is 20.4. The van der Waals surface area contributed by atoms with Gasteiger partial charge in [0.25, 0.3) is 5.91 Å². The summed E-state index contributed by atoms with van der Waals surface area (Å²) in [5, 5.41) is 0.874. The summed E-state index contributed by atoms with van der Waals surface area (Å²) in [5.74, 6) is -0.221. The molecule has 4 rings (SSSR count). The van der Waals surface area contributed by atoms with Crippen LogP contribution in [0.5, 0.6) is 0 Å². The molecule has 0 unspecified atom stereocenters. The molecular weight excluding hydrogens is 393 g/mol. The van der Waals surface area contributed by atoms with Gasteiger partial charge in [0.15, 0.2) is 0 Å². The lowest BCUT2D eigenvalue weighted by molar-refractivity contribution is -0.145. The summed E-state index contributed by atoms with van der Waals surface area (Å²) in [5.41, 5.74) is 1.55. The van der Waals surface area contributed by atoms with Gasteiger partial charge in [0, 0.05) is 43.2 Å². The first-order valence-corrected chi connectivity index (χ1v) is 10.7. The number of hydrogen-bond donors (Lipinski definition) is 0. The van der Waals surface area contributed by atoms with Crippen LogP contribution in [0.2, 0.25) is 0 Å². The van der Waals surface area contributed by atoms with E-state index in [9.17, 15) is 14.0 Å². The quantitative estimate of drug-likeness (QED) is 0.767. The number of amides is 2. The summed E-state index contributed by atoms with van der Waals surface area (Å²) in [6.07, 6.45) is 1.67. The number of nitrogens with zero attached hydrogens (tertiary/aromatic N) is 3. The second kappa shape index (κ2) is 8.59. The van der Waals surface area contributed by atoms with Gasteiger partial charge in [-0.3, -0.25) is 9.59 Å². The van der Waals surface area contributed by atoms with Crippen LogP contribution in [0.3, 0.4) is 0 Å². The monoisotopic (exact) mass is 417 g/mol. The fourth-order valence-corrected chi connectivity index (χ4v) is 4.77. The second-order valence-electron chi connectivity index (χ2n) is 7.40. The highest BCUT2D eigenvalue weighted by atomic mass is 32.1. The zero-order valence-corrected chi connectivity index (χ0v) is 17.2. The number of halogens is 1. The van der Waals surface area contributed by atoms with Gasteiger partial charge in [-0.1, -0.05) is 0 Å². The molecule has 2 amide bonds.